The van der Waals surface area contributed by atoms with Gasteiger partial charge in [0.2, 0.25) is 0 Å². The molecule has 1 aromatic carbocycles. The van der Waals surface area contributed by atoms with Gasteiger partial charge in [0.25, 0.3) is 0 Å². The van der Waals surface area contributed by atoms with Crippen molar-refractivity contribution in [3.05, 3.63) is 35.2 Å². The van der Waals surface area contributed by atoms with Crippen LogP contribution in [0.4, 0.5) is 0 Å². The second-order valence-corrected chi connectivity index (χ2v) is 5.50. The van der Waals surface area contributed by atoms with Crippen LogP contribution >= 0.6 is 11.3 Å². The molecular formula is C13H15NS. The topological polar surface area (TPSA) is 26.0 Å². The molecule has 2 heteroatoms. The minimum Gasteiger partial charge on any atom is -0.327 e. The summed E-state index contributed by atoms with van der Waals surface area (Å²) in [5, 5.41) is 3.72. The molecule has 1 aromatic heterocycles. The zero-order valence-electron chi connectivity index (χ0n) is 8.86. The van der Waals surface area contributed by atoms with Crippen molar-refractivity contribution in [3.8, 4) is 0 Å². The van der Waals surface area contributed by atoms with Crippen molar-refractivity contribution in [3.63, 3.8) is 0 Å². The molecule has 15 heavy (non-hydrogen) atoms. The molecule has 1 saturated carbocycles. The van der Waals surface area contributed by atoms with Crippen molar-refractivity contribution in [2.75, 3.05) is 0 Å². The van der Waals surface area contributed by atoms with E-state index in [-0.39, 0.29) is 6.04 Å². The highest BCUT2D eigenvalue weighted by atomic mass is 32.1. The Morgan fingerprint density at radius 1 is 1.33 bits per heavy atom. The van der Waals surface area contributed by atoms with Crippen molar-refractivity contribution >= 4 is 21.4 Å². The lowest BCUT2D eigenvalue weighted by atomic mass is 9.89. The number of hydrogen-bond acceptors (Lipinski definition) is 2. The highest BCUT2D eigenvalue weighted by Gasteiger charge is 2.48. The molecule has 0 amide bonds. The number of nitrogens with two attached hydrogens (primary N) is 1. The smallest absolute Gasteiger partial charge is 0.0345 e. The molecule has 1 unspecified atom stereocenters. The summed E-state index contributed by atoms with van der Waals surface area (Å²) in [4.78, 5) is 0. The van der Waals surface area contributed by atoms with Gasteiger partial charge in [-0.2, -0.15) is 0 Å². The van der Waals surface area contributed by atoms with E-state index in [2.05, 4.69) is 36.6 Å². The lowest BCUT2D eigenvalue weighted by Gasteiger charge is -2.19. The summed E-state index contributed by atoms with van der Waals surface area (Å²) in [6.45, 7) is 2.14. The zero-order valence-corrected chi connectivity index (χ0v) is 9.68. The Kier molecular flexibility index (Phi) is 1.91. The molecule has 1 aliphatic rings. The maximum atomic E-state index is 6.12. The van der Waals surface area contributed by atoms with Gasteiger partial charge >= 0.3 is 0 Å². The van der Waals surface area contributed by atoms with Crippen LogP contribution in [0.3, 0.4) is 0 Å². The lowest BCUT2D eigenvalue weighted by molar-refractivity contribution is 0.562. The third kappa shape index (κ3) is 1.25. The summed E-state index contributed by atoms with van der Waals surface area (Å²) in [7, 11) is 0. The Morgan fingerprint density at radius 3 is 2.73 bits per heavy atom. The van der Waals surface area contributed by atoms with Crippen LogP contribution in [0.1, 0.15) is 25.3 Å². The molecule has 0 bridgehead atoms. The minimum absolute atomic E-state index is 0.274. The van der Waals surface area contributed by atoms with E-state index < -0.39 is 0 Å². The Labute approximate surface area is 93.9 Å². The van der Waals surface area contributed by atoms with Gasteiger partial charge in [0, 0.05) is 16.2 Å². The Bertz CT molecular complexity index is 494. The first kappa shape index (κ1) is 9.37. The van der Waals surface area contributed by atoms with Crippen LogP contribution in [-0.4, -0.2) is 6.04 Å². The summed E-state index contributed by atoms with van der Waals surface area (Å²) >= 11 is 1.84. The summed E-state index contributed by atoms with van der Waals surface area (Å²) in [5.41, 5.74) is 7.90. The van der Waals surface area contributed by atoms with E-state index >= 15 is 0 Å². The van der Waals surface area contributed by atoms with E-state index in [1.807, 2.05) is 11.3 Å². The fourth-order valence-corrected chi connectivity index (χ4v) is 3.54. The van der Waals surface area contributed by atoms with Crippen molar-refractivity contribution in [2.24, 2.45) is 5.73 Å². The van der Waals surface area contributed by atoms with Crippen LogP contribution in [0.5, 0.6) is 0 Å². The van der Waals surface area contributed by atoms with Gasteiger partial charge in [-0.05, 0) is 42.2 Å². The molecule has 1 aliphatic carbocycles. The van der Waals surface area contributed by atoms with Crippen LogP contribution in [0.15, 0.2) is 29.6 Å². The minimum atomic E-state index is 0.274. The average molecular weight is 217 g/mol. The number of benzene rings is 1. The van der Waals surface area contributed by atoms with Crippen molar-refractivity contribution in [2.45, 2.75) is 31.2 Å². The largest absolute Gasteiger partial charge is 0.327 e. The average Bonchev–Trinajstić information content (AvgIpc) is 2.93. The van der Waals surface area contributed by atoms with E-state index in [4.69, 9.17) is 5.73 Å². The zero-order chi connectivity index (χ0) is 10.5. The van der Waals surface area contributed by atoms with Gasteiger partial charge < -0.3 is 5.73 Å². The number of rotatable bonds is 2. The Hall–Kier alpha value is -0.860. The molecule has 0 saturated heterocycles. The molecule has 78 valence electrons. The van der Waals surface area contributed by atoms with Gasteiger partial charge in [-0.1, -0.05) is 18.2 Å². The van der Waals surface area contributed by atoms with Crippen molar-refractivity contribution < 1.29 is 0 Å². The summed E-state index contributed by atoms with van der Waals surface area (Å²) in [6.07, 6.45) is 2.51. The van der Waals surface area contributed by atoms with Gasteiger partial charge in [-0.15, -0.1) is 11.3 Å². The van der Waals surface area contributed by atoms with Gasteiger partial charge in [0.15, 0.2) is 0 Å². The predicted molar refractivity (Wildman–Crippen MR) is 66.4 cm³/mol. The third-order valence-corrected chi connectivity index (χ3v) is 4.64. The quantitative estimate of drug-likeness (QED) is 0.820. The van der Waals surface area contributed by atoms with Crippen LogP contribution in [0.25, 0.3) is 10.1 Å². The van der Waals surface area contributed by atoms with Gasteiger partial charge in [0.05, 0.1) is 0 Å². The molecule has 1 fully saturated rings. The third-order valence-electron chi connectivity index (χ3n) is 3.68. The van der Waals surface area contributed by atoms with Crippen LogP contribution in [-0.2, 0) is 5.41 Å². The van der Waals surface area contributed by atoms with E-state index in [1.54, 1.807) is 0 Å². The Morgan fingerprint density at radius 2 is 2.07 bits per heavy atom. The lowest BCUT2D eigenvalue weighted by Crippen LogP contribution is -2.31. The first-order chi connectivity index (χ1) is 7.24. The van der Waals surface area contributed by atoms with E-state index in [0.717, 1.165) is 0 Å². The standard InChI is InChI=1S/C13H15NS/c1-9(14)13(6-7-13)11-8-15-12-5-3-2-4-10(11)12/h2-5,8-9H,6-7,14H2,1H3. The van der Waals surface area contributed by atoms with Crippen LogP contribution in [0, 0.1) is 0 Å². The van der Waals surface area contributed by atoms with E-state index in [0.29, 0.717) is 5.41 Å². The first-order valence-electron chi connectivity index (χ1n) is 5.46. The van der Waals surface area contributed by atoms with Crippen LogP contribution in [0.2, 0.25) is 0 Å². The highest BCUT2D eigenvalue weighted by molar-refractivity contribution is 7.17. The number of thiophene rings is 1. The fraction of sp³-hybridized carbons (Fsp3) is 0.385. The molecule has 0 radical (unpaired) electrons. The molecule has 0 spiro atoms. The van der Waals surface area contributed by atoms with E-state index in [9.17, 15) is 0 Å². The van der Waals surface area contributed by atoms with Gasteiger partial charge in [-0.25, -0.2) is 0 Å². The molecule has 1 nitrogen and oxygen atoms in total. The molecular weight excluding hydrogens is 202 g/mol. The second kappa shape index (κ2) is 3.06. The summed E-state index contributed by atoms with van der Waals surface area (Å²) < 4.78 is 1.39. The summed E-state index contributed by atoms with van der Waals surface area (Å²) in [6, 6.07) is 8.92. The maximum Gasteiger partial charge on any atom is 0.0345 e. The normalized spacial score (nSPS) is 20.4. The van der Waals surface area contributed by atoms with E-state index in [1.165, 1.54) is 28.5 Å². The Balaban J connectivity index is 2.20. The molecule has 0 aliphatic heterocycles. The highest BCUT2D eigenvalue weighted by Crippen LogP contribution is 2.53. The molecule has 1 heterocycles. The van der Waals surface area contributed by atoms with Crippen molar-refractivity contribution in [1.82, 2.24) is 0 Å². The van der Waals surface area contributed by atoms with Crippen molar-refractivity contribution in [1.29, 1.82) is 0 Å². The fourth-order valence-electron chi connectivity index (χ4n) is 2.47. The summed E-state index contributed by atoms with van der Waals surface area (Å²) in [5.74, 6) is 0. The second-order valence-electron chi connectivity index (χ2n) is 4.59. The first-order valence-corrected chi connectivity index (χ1v) is 6.34. The number of fused-ring (bicyclic) bond motifs is 1. The molecule has 2 aromatic rings. The SMILES string of the molecule is CC(N)C1(c2csc3ccccc23)CC1. The number of hydrogen-bond donors (Lipinski definition) is 1. The van der Waals surface area contributed by atoms with Crippen LogP contribution < -0.4 is 5.73 Å². The maximum absolute atomic E-state index is 6.12. The molecule has 3 rings (SSSR count). The van der Waals surface area contributed by atoms with Gasteiger partial charge in [-0.3, -0.25) is 0 Å². The monoisotopic (exact) mass is 217 g/mol. The predicted octanol–water partition coefficient (Wildman–Crippen LogP) is 3.28. The van der Waals surface area contributed by atoms with Gasteiger partial charge in [0.1, 0.15) is 0 Å². The molecule has 2 N–H and O–H groups in total. The molecule has 1 atom stereocenters.